The Kier molecular flexibility index (Phi) is 2.68. The van der Waals surface area contributed by atoms with Gasteiger partial charge in [0.1, 0.15) is 0 Å². The maximum Gasteiger partial charge on any atom is 0.0453 e. The molecule has 0 radical (unpaired) electrons. The molecule has 3 heteroatoms. The first-order valence-electron chi connectivity index (χ1n) is 6.96. The van der Waals surface area contributed by atoms with E-state index in [0.717, 1.165) is 11.4 Å². The van der Waals surface area contributed by atoms with Crippen LogP contribution in [0, 0.1) is 0 Å². The van der Waals surface area contributed by atoms with Gasteiger partial charge in [-0.1, -0.05) is 13.8 Å². The molecule has 1 unspecified atom stereocenters. The van der Waals surface area contributed by atoms with Crippen molar-refractivity contribution in [3.63, 3.8) is 0 Å². The van der Waals surface area contributed by atoms with Gasteiger partial charge in [0.15, 0.2) is 0 Å². The summed E-state index contributed by atoms with van der Waals surface area (Å²) in [7, 11) is 0. The number of anilines is 4. The van der Waals surface area contributed by atoms with Crippen molar-refractivity contribution in [1.82, 2.24) is 0 Å². The summed E-state index contributed by atoms with van der Waals surface area (Å²) in [4.78, 5) is 2.37. The molecule has 1 aliphatic rings. The highest BCUT2D eigenvalue weighted by atomic mass is 15.2. The Hall–Kier alpha value is -2.16. The summed E-state index contributed by atoms with van der Waals surface area (Å²) in [5.41, 5.74) is 17.1. The van der Waals surface area contributed by atoms with Crippen molar-refractivity contribution < 1.29 is 0 Å². The lowest BCUT2D eigenvalue weighted by molar-refractivity contribution is 0.462. The molecule has 4 N–H and O–H groups in total. The van der Waals surface area contributed by atoms with E-state index in [1.165, 1.54) is 16.9 Å². The lowest BCUT2D eigenvalue weighted by Crippen LogP contribution is -2.36. The Morgan fingerprint density at radius 1 is 0.950 bits per heavy atom. The summed E-state index contributed by atoms with van der Waals surface area (Å²) in [5.74, 6) is 0. The number of rotatable bonds is 1. The van der Waals surface area contributed by atoms with Gasteiger partial charge in [-0.15, -0.1) is 0 Å². The maximum atomic E-state index is 5.97. The molecule has 0 bridgehead atoms. The number of nitrogen functional groups attached to an aromatic ring is 2. The number of hydrogen-bond acceptors (Lipinski definition) is 3. The highest BCUT2D eigenvalue weighted by molar-refractivity contribution is 5.76. The van der Waals surface area contributed by atoms with E-state index in [0.29, 0.717) is 6.04 Å². The van der Waals surface area contributed by atoms with Gasteiger partial charge in [0.25, 0.3) is 0 Å². The average Bonchev–Trinajstić information content (AvgIpc) is 2.60. The predicted octanol–water partition coefficient (Wildman–Crippen LogP) is 3.67. The lowest BCUT2D eigenvalue weighted by Gasteiger charge is -2.31. The summed E-state index contributed by atoms with van der Waals surface area (Å²) >= 11 is 0. The molecule has 0 spiro atoms. The average molecular weight is 267 g/mol. The number of nitrogens with zero attached hydrogens (tertiary/aromatic N) is 1. The predicted molar refractivity (Wildman–Crippen MR) is 86.3 cm³/mol. The molecule has 20 heavy (non-hydrogen) atoms. The Morgan fingerprint density at radius 2 is 1.55 bits per heavy atom. The summed E-state index contributed by atoms with van der Waals surface area (Å²) in [5, 5.41) is 0. The van der Waals surface area contributed by atoms with Gasteiger partial charge < -0.3 is 16.4 Å². The van der Waals surface area contributed by atoms with Gasteiger partial charge >= 0.3 is 0 Å². The standard InChI is InChI=1S/C17H21N3/c1-11-17(2,3)15-10-13(19)6-9-16(15)20(11)14-7-4-12(18)5-8-14/h4-11H,18-19H2,1-3H3. The van der Waals surface area contributed by atoms with E-state index in [2.05, 4.69) is 49.9 Å². The molecule has 104 valence electrons. The molecule has 3 nitrogen and oxygen atoms in total. The van der Waals surface area contributed by atoms with Crippen LogP contribution >= 0.6 is 0 Å². The molecule has 3 rings (SSSR count). The third-order valence-electron chi connectivity index (χ3n) is 4.58. The summed E-state index contributed by atoms with van der Waals surface area (Å²) in [6, 6.07) is 14.6. The Morgan fingerprint density at radius 3 is 2.20 bits per heavy atom. The number of nitrogens with two attached hydrogens (primary N) is 2. The largest absolute Gasteiger partial charge is 0.399 e. The van der Waals surface area contributed by atoms with E-state index in [1.807, 2.05) is 18.2 Å². The molecule has 0 saturated carbocycles. The Bertz CT molecular complexity index is 644. The molecule has 1 atom stereocenters. The quantitative estimate of drug-likeness (QED) is 0.775. The minimum absolute atomic E-state index is 0.0616. The number of fused-ring (bicyclic) bond motifs is 1. The van der Waals surface area contributed by atoms with Crippen molar-refractivity contribution in [2.24, 2.45) is 0 Å². The zero-order valence-corrected chi connectivity index (χ0v) is 12.2. The summed E-state index contributed by atoms with van der Waals surface area (Å²) < 4.78 is 0. The van der Waals surface area contributed by atoms with Gasteiger partial charge in [-0.3, -0.25) is 0 Å². The molecule has 0 amide bonds. The Labute approximate surface area is 120 Å². The lowest BCUT2D eigenvalue weighted by atomic mass is 9.81. The summed E-state index contributed by atoms with van der Waals surface area (Å²) in [6.07, 6.45) is 0. The molecule has 2 aromatic carbocycles. The zero-order chi connectivity index (χ0) is 14.5. The third kappa shape index (κ3) is 1.73. The van der Waals surface area contributed by atoms with E-state index in [-0.39, 0.29) is 5.41 Å². The molecular formula is C17H21N3. The van der Waals surface area contributed by atoms with Crippen LogP contribution in [0.5, 0.6) is 0 Å². The van der Waals surface area contributed by atoms with E-state index >= 15 is 0 Å². The molecule has 1 heterocycles. The van der Waals surface area contributed by atoms with Crippen LogP contribution in [-0.4, -0.2) is 6.04 Å². The highest BCUT2D eigenvalue weighted by Crippen LogP contribution is 2.49. The SMILES string of the molecule is CC1N(c2ccc(N)cc2)c2ccc(N)cc2C1(C)C. The molecule has 0 fully saturated rings. The number of benzene rings is 2. The molecule has 0 aliphatic carbocycles. The van der Waals surface area contributed by atoms with Crippen LogP contribution < -0.4 is 16.4 Å². The van der Waals surface area contributed by atoms with Crippen LogP contribution in [0.25, 0.3) is 0 Å². The fourth-order valence-electron chi connectivity index (χ4n) is 3.03. The van der Waals surface area contributed by atoms with E-state index in [4.69, 9.17) is 11.5 Å². The van der Waals surface area contributed by atoms with Crippen LogP contribution in [-0.2, 0) is 5.41 Å². The Balaban J connectivity index is 2.16. The van der Waals surface area contributed by atoms with Gasteiger partial charge in [0.2, 0.25) is 0 Å². The van der Waals surface area contributed by atoms with Gasteiger partial charge in [0.05, 0.1) is 0 Å². The monoisotopic (exact) mass is 267 g/mol. The minimum Gasteiger partial charge on any atom is -0.399 e. The molecule has 2 aromatic rings. The van der Waals surface area contributed by atoms with Crippen molar-refractivity contribution in [1.29, 1.82) is 0 Å². The zero-order valence-electron chi connectivity index (χ0n) is 12.2. The first-order chi connectivity index (χ1) is 9.41. The normalized spacial score (nSPS) is 19.9. The van der Waals surface area contributed by atoms with Crippen LogP contribution in [0.2, 0.25) is 0 Å². The van der Waals surface area contributed by atoms with Crippen molar-refractivity contribution >= 4 is 22.7 Å². The highest BCUT2D eigenvalue weighted by Gasteiger charge is 2.42. The van der Waals surface area contributed by atoms with E-state index in [9.17, 15) is 0 Å². The summed E-state index contributed by atoms with van der Waals surface area (Å²) in [6.45, 7) is 6.80. The fourth-order valence-corrected chi connectivity index (χ4v) is 3.03. The van der Waals surface area contributed by atoms with Gasteiger partial charge in [-0.2, -0.15) is 0 Å². The van der Waals surface area contributed by atoms with E-state index in [1.54, 1.807) is 0 Å². The van der Waals surface area contributed by atoms with Crippen LogP contribution in [0.1, 0.15) is 26.3 Å². The van der Waals surface area contributed by atoms with Crippen molar-refractivity contribution in [2.75, 3.05) is 16.4 Å². The second-order valence-corrected chi connectivity index (χ2v) is 6.14. The second-order valence-electron chi connectivity index (χ2n) is 6.14. The smallest absolute Gasteiger partial charge is 0.0453 e. The molecule has 0 saturated heterocycles. The van der Waals surface area contributed by atoms with Crippen LogP contribution in [0.15, 0.2) is 42.5 Å². The topological polar surface area (TPSA) is 55.3 Å². The van der Waals surface area contributed by atoms with Gasteiger partial charge in [0, 0.05) is 34.2 Å². The van der Waals surface area contributed by atoms with Crippen LogP contribution in [0.4, 0.5) is 22.7 Å². The first-order valence-corrected chi connectivity index (χ1v) is 6.96. The maximum absolute atomic E-state index is 5.97. The second kappa shape index (κ2) is 4.17. The van der Waals surface area contributed by atoms with Gasteiger partial charge in [-0.05, 0) is 55.0 Å². The minimum atomic E-state index is 0.0616. The van der Waals surface area contributed by atoms with Crippen molar-refractivity contribution in [2.45, 2.75) is 32.2 Å². The first kappa shape index (κ1) is 12.9. The molecular weight excluding hydrogens is 246 g/mol. The van der Waals surface area contributed by atoms with E-state index < -0.39 is 0 Å². The molecule has 1 aliphatic heterocycles. The number of hydrogen-bond donors (Lipinski definition) is 2. The van der Waals surface area contributed by atoms with Crippen molar-refractivity contribution in [3.8, 4) is 0 Å². The van der Waals surface area contributed by atoms with Crippen LogP contribution in [0.3, 0.4) is 0 Å². The third-order valence-corrected chi connectivity index (χ3v) is 4.58. The van der Waals surface area contributed by atoms with Crippen molar-refractivity contribution in [3.05, 3.63) is 48.0 Å². The fraction of sp³-hybridized carbons (Fsp3) is 0.294. The molecule has 0 aromatic heterocycles. The van der Waals surface area contributed by atoms with Gasteiger partial charge in [-0.25, -0.2) is 0 Å².